The third-order valence-corrected chi connectivity index (χ3v) is 7.91. The van der Waals surface area contributed by atoms with E-state index in [-0.39, 0.29) is 11.9 Å². The maximum absolute atomic E-state index is 13.4. The van der Waals surface area contributed by atoms with Crippen molar-refractivity contribution in [3.63, 3.8) is 0 Å². The van der Waals surface area contributed by atoms with E-state index < -0.39 is 24.7 Å². The van der Waals surface area contributed by atoms with Crippen molar-refractivity contribution in [3.05, 3.63) is 46.1 Å². The van der Waals surface area contributed by atoms with Gasteiger partial charge in [0.25, 0.3) is 5.91 Å². The Labute approximate surface area is 205 Å². The molecule has 1 fully saturated rings. The van der Waals surface area contributed by atoms with E-state index in [4.69, 9.17) is 15.8 Å². The summed E-state index contributed by atoms with van der Waals surface area (Å²) >= 11 is 1.31. The second kappa shape index (κ2) is 9.29. The van der Waals surface area contributed by atoms with Crippen LogP contribution in [0.3, 0.4) is 0 Å². The Hall–Kier alpha value is -3.47. The van der Waals surface area contributed by atoms with Gasteiger partial charge in [-0.2, -0.15) is 0 Å². The largest absolute Gasteiger partial charge is 0.465 e. The van der Waals surface area contributed by atoms with E-state index >= 15 is 0 Å². The molecule has 3 aromatic heterocycles. The number of aryl methyl sites for hydroxylation is 2. The summed E-state index contributed by atoms with van der Waals surface area (Å²) in [7, 11) is 0. The Balaban J connectivity index is 1.26. The van der Waals surface area contributed by atoms with Crippen molar-refractivity contribution < 1.29 is 19.1 Å². The number of nitrogen functional groups attached to an aromatic ring is 1. The molecule has 9 nitrogen and oxygen atoms in total. The van der Waals surface area contributed by atoms with Gasteiger partial charge in [-0.3, -0.25) is 9.18 Å². The molecule has 3 atom stereocenters. The van der Waals surface area contributed by atoms with Crippen LogP contribution in [0.5, 0.6) is 0 Å². The Morgan fingerprint density at radius 2 is 2.06 bits per heavy atom. The number of hydrogen-bond acceptors (Lipinski definition) is 7. The second-order valence-corrected chi connectivity index (χ2v) is 10.2. The van der Waals surface area contributed by atoms with Gasteiger partial charge in [0, 0.05) is 41.8 Å². The standard InChI is InChI=1S/C24H27FN6O3S/c1-12-2-5-16-20(26)21(35-23(16)27-12)22(32)28-15-4-6-17-13(8-15)3-7-19(29-17)31-10-14(9-25)18(11-31)30-24(33)34/h2-3,5,7,14-15,18,30H,4,6,8-11,26H2,1H3,(H,28,32)(H,33,34)/t14-,15+,18+/m1/s1. The number of carboxylic acid groups (broad SMARTS) is 1. The minimum absolute atomic E-state index is 0.0335. The molecule has 0 bridgehead atoms. The number of rotatable bonds is 5. The zero-order valence-corrected chi connectivity index (χ0v) is 20.1. The van der Waals surface area contributed by atoms with E-state index in [0.29, 0.717) is 36.5 Å². The van der Waals surface area contributed by atoms with Gasteiger partial charge in [-0.05, 0) is 49.9 Å². The molecule has 5 rings (SSSR count). The van der Waals surface area contributed by atoms with Crippen molar-refractivity contribution in [2.75, 3.05) is 30.4 Å². The Morgan fingerprint density at radius 1 is 1.23 bits per heavy atom. The third-order valence-electron chi connectivity index (χ3n) is 6.80. The lowest BCUT2D eigenvalue weighted by molar-refractivity contribution is 0.0938. The summed E-state index contributed by atoms with van der Waals surface area (Å²) in [6.07, 6.45) is 0.958. The van der Waals surface area contributed by atoms with E-state index in [1.165, 1.54) is 11.3 Å². The van der Waals surface area contributed by atoms with Crippen molar-refractivity contribution in [2.24, 2.45) is 5.92 Å². The van der Waals surface area contributed by atoms with E-state index in [0.717, 1.165) is 39.4 Å². The molecule has 35 heavy (non-hydrogen) atoms. The highest BCUT2D eigenvalue weighted by Crippen LogP contribution is 2.33. The molecule has 5 N–H and O–H groups in total. The number of aromatic nitrogens is 2. The van der Waals surface area contributed by atoms with Crippen LogP contribution in [-0.4, -0.2) is 58.9 Å². The molecule has 184 valence electrons. The fraction of sp³-hybridized carbons (Fsp3) is 0.417. The average molecular weight is 499 g/mol. The number of hydrogen-bond donors (Lipinski definition) is 4. The Bertz CT molecular complexity index is 1300. The molecular formula is C24H27FN6O3S. The van der Waals surface area contributed by atoms with Crippen LogP contribution < -0.4 is 21.3 Å². The molecule has 0 aromatic carbocycles. The smallest absolute Gasteiger partial charge is 0.404 e. The maximum atomic E-state index is 13.4. The van der Waals surface area contributed by atoms with Gasteiger partial charge in [0.2, 0.25) is 0 Å². The molecule has 3 aromatic rings. The molecule has 1 aliphatic carbocycles. The fourth-order valence-corrected chi connectivity index (χ4v) is 5.99. The first-order valence-electron chi connectivity index (χ1n) is 11.6. The van der Waals surface area contributed by atoms with Crippen molar-refractivity contribution in [2.45, 2.75) is 38.3 Å². The molecule has 1 saturated heterocycles. The number of alkyl halides is 1. The highest BCUT2D eigenvalue weighted by molar-refractivity contribution is 7.21. The van der Waals surface area contributed by atoms with Gasteiger partial charge in [-0.25, -0.2) is 14.8 Å². The summed E-state index contributed by atoms with van der Waals surface area (Å²) in [5.74, 6) is 0.136. The van der Waals surface area contributed by atoms with Crippen LogP contribution in [0.4, 0.5) is 20.7 Å². The average Bonchev–Trinajstić information content (AvgIpc) is 3.38. The molecule has 0 saturated carbocycles. The van der Waals surface area contributed by atoms with Gasteiger partial charge in [0.15, 0.2) is 0 Å². The third kappa shape index (κ3) is 4.60. The number of halogens is 1. The van der Waals surface area contributed by atoms with Crippen LogP contribution >= 0.6 is 11.3 Å². The molecule has 2 aliphatic rings. The predicted octanol–water partition coefficient (Wildman–Crippen LogP) is 2.91. The van der Waals surface area contributed by atoms with Gasteiger partial charge in [0.05, 0.1) is 18.4 Å². The summed E-state index contributed by atoms with van der Waals surface area (Å²) < 4.78 is 13.4. The number of nitrogens with one attached hydrogen (secondary N) is 2. The second-order valence-electron chi connectivity index (χ2n) is 9.21. The highest BCUT2D eigenvalue weighted by Gasteiger charge is 2.35. The Kier molecular flexibility index (Phi) is 6.18. The molecule has 11 heteroatoms. The van der Waals surface area contributed by atoms with Crippen LogP contribution in [0.25, 0.3) is 10.2 Å². The van der Waals surface area contributed by atoms with Crippen LogP contribution in [0.15, 0.2) is 24.3 Å². The van der Waals surface area contributed by atoms with Gasteiger partial charge in [-0.1, -0.05) is 6.07 Å². The molecule has 1 aliphatic heterocycles. The van der Waals surface area contributed by atoms with Crippen LogP contribution in [0.1, 0.15) is 33.0 Å². The van der Waals surface area contributed by atoms with Crippen molar-refractivity contribution in [3.8, 4) is 0 Å². The number of nitrogens with zero attached hydrogens (tertiary/aromatic N) is 3. The number of carbonyl (C=O) groups excluding carboxylic acids is 1. The van der Waals surface area contributed by atoms with Gasteiger partial charge in [0.1, 0.15) is 15.5 Å². The number of amides is 2. The molecule has 0 radical (unpaired) electrons. The summed E-state index contributed by atoms with van der Waals surface area (Å²) in [6.45, 7) is 2.11. The minimum Gasteiger partial charge on any atom is -0.465 e. The number of pyridine rings is 2. The van der Waals surface area contributed by atoms with Crippen molar-refractivity contribution >= 4 is 45.1 Å². The number of nitrogens with two attached hydrogens (primary N) is 1. The number of carbonyl (C=O) groups is 2. The Morgan fingerprint density at radius 3 is 2.83 bits per heavy atom. The van der Waals surface area contributed by atoms with Crippen LogP contribution in [0.2, 0.25) is 0 Å². The van der Waals surface area contributed by atoms with Crippen molar-refractivity contribution in [1.29, 1.82) is 0 Å². The molecule has 4 heterocycles. The van der Waals surface area contributed by atoms with E-state index in [9.17, 15) is 14.0 Å². The molecule has 0 spiro atoms. The summed E-state index contributed by atoms with van der Waals surface area (Å²) in [4.78, 5) is 36.4. The number of fused-ring (bicyclic) bond motifs is 2. The first kappa shape index (κ1) is 23.3. The topological polar surface area (TPSA) is 133 Å². The van der Waals surface area contributed by atoms with Crippen molar-refractivity contribution in [1.82, 2.24) is 20.6 Å². The number of thiophene rings is 1. The fourth-order valence-electron chi connectivity index (χ4n) is 4.94. The molecule has 2 amide bonds. The van der Waals surface area contributed by atoms with Gasteiger partial charge < -0.3 is 26.4 Å². The van der Waals surface area contributed by atoms with Gasteiger partial charge >= 0.3 is 6.09 Å². The first-order valence-corrected chi connectivity index (χ1v) is 12.4. The van der Waals surface area contributed by atoms with E-state index in [1.807, 2.05) is 36.1 Å². The SMILES string of the molecule is Cc1ccc2c(N)c(C(=O)N[C@H]3CCc4nc(N5C[C@@H](CF)[C@@H](NC(=O)O)C5)ccc4C3)sc2n1. The lowest BCUT2D eigenvalue weighted by atomic mass is 9.91. The quantitative estimate of drug-likeness (QED) is 0.425. The summed E-state index contributed by atoms with van der Waals surface area (Å²) in [6, 6.07) is 7.17. The van der Waals surface area contributed by atoms with E-state index in [1.54, 1.807) is 0 Å². The highest BCUT2D eigenvalue weighted by atomic mass is 32.1. The lowest BCUT2D eigenvalue weighted by Crippen LogP contribution is -2.40. The molecule has 0 unspecified atom stereocenters. The minimum atomic E-state index is -1.15. The number of anilines is 2. The molecular weight excluding hydrogens is 471 g/mol. The van der Waals surface area contributed by atoms with Gasteiger partial charge in [-0.15, -0.1) is 11.3 Å². The zero-order chi connectivity index (χ0) is 24.7. The normalized spacial score (nSPS) is 21.7. The monoisotopic (exact) mass is 498 g/mol. The van der Waals surface area contributed by atoms with Crippen LogP contribution in [-0.2, 0) is 12.8 Å². The van der Waals surface area contributed by atoms with Crippen LogP contribution in [0, 0.1) is 12.8 Å². The lowest BCUT2D eigenvalue weighted by Gasteiger charge is -2.26. The maximum Gasteiger partial charge on any atom is 0.404 e. The van der Waals surface area contributed by atoms with E-state index in [2.05, 4.69) is 15.6 Å². The predicted molar refractivity (Wildman–Crippen MR) is 133 cm³/mol. The first-order chi connectivity index (χ1) is 16.8. The zero-order valence-electron chi connectivity index (χ0n) is 19.3. The summed E-state index contributed by atoms with van der Waals surface area (Å²) in [5.41, 5.74) is 9.60. The summed E-state index contributed by atoms with van der Waals surface area (Å²) in [5, 5.41) is 15.3.